The first-order valence-electron chi connectivity index (χ1n) is 18.0. The normalized spacial score (nSPS) is 12.7. The molecule has 3 nitrogen and oxygen atoms in total. The van der Waals surface area contributed by atoms with Gasteiger partial charge in [0.25, 0.3) is 0 Å². The summed E-state index contributed by atoms with van der Waals surface area (Å²) >= 11 is 0. The summed E-state index contributed by atoms with van der Waals surface area (Å²) in [6, 6.07) is 71.1. The van der Waals surface area contributed by atoms with Gasteiger partial charge in [0, 0.05) is 16.7 Å². The first-order valence-corrected chi connectivity index (χ1v) is 18.0. The van der Waals surface area contributed by atoms with Crippen LogP contribution in [0.2, 0.25) is 0 Å². The van der Waals surface area contributed by atoms with Gasteiger partial charge in [-0.05, 0) is 73.5 Å². The van der Waals surface area contributed by atoms with Crippen LogP contribution in [0.5, 0.6) is 0 Å². The molecule has 0 saturated carbocycles. The van der Waals surface area contributed by atoms with Crippen molar-refractivity contribution in [3.8, 4) is 56.4 Å². The van der Waals surface area contributed by atoms with E-state index in [0.29, 0.717) is 17.5 Å². The second-order valence-electron chi connectivity index (χ2n) is 13.6. The lowest BCUT2D eigenvalue weighted by Crippen LogP contribution is -2.28. The van der Waals surface area contributed by atoms with Crippen LogP contribution in [-0.2, 0) is 5.41 Å². The number of benzene rings is 8. The molecular weight excluding hydrogens is 643 g/mol. The van der Waals surface area contributed by atoms with Crippen LogP contribution >= 0.6 is 0 Å². The molecule has 0 radical (unpaired) electrons. The molecule has 1 heterocycles. The van der Waals surface area contributed by atoms with Gasteiger partial charge in [-0.3, -0.25) is 0 Å². The summed E-state index contributed by atoms with van der Waals surface area (Å²) in [5.74, 6) is 1.92. The van der Waals surface area contributed by atoms with Gasteiger partial charge in [-0.2, -0.15) is 0 Å². The minimum atomic E-state index is -0.517. The number of fused-ring (bicyclic) bond motifs is 4. The van der Waals surface area contributed by atoms with E-state index in [-0.39, 0.29) is 0 Å². The number of hydrogen-bond donors (Lipinski definition) is 0. The summed E-state index contributed by atoms with van der Waals surface area (Å²) in [6.45, 7) is 0. The maximum Gasteiger partial charge on any atom is 0.164 e. The lowest BCUT2D eigenvalue weighted by atomic mass is 9.67. The van der Waals surface area contributed by atoms with Crippen molar-refractivity contribution >= 4 is 10.8 Å². The Morgan fingerprint density at radius 1 is 0.283 bits per heavy atom. The highest BCUT2D eigenvalue weighted by Gasteiger charge is 2.46. The largest absolute Gasteiger partial charge is 0.208 e. The lowest BCUT2D eigenvalue weighted by molar-refractivity contribution is 0.768. The van der Waals surface area contributed by atoms with Crippen molar-refractivity contribution in [2.75, 3.05) is 0 Å². The Balaban J connectivity index is 1.17. The number of aromatic nitrogens is 3. The molecule has 8 aromatic carbocycles. The van der Waals surface area contributed by atoms with Gasteiger partial charge in [-0.15, -0.1) is 0 Å². The van der Waals surface area contributed by atoms with E-state index in [1.54, 1.807) is 0 Å². The van der Waals surface area contributed by atoms with Gasteiger partial charge in [0.15, 0.2) is 17.5 Å². The fourth-order valence-electron chi connectivity index (χ4n) is 8.14. The van der Waals surface area contributed by atoms with E-state index >= 15 is 0 Å². The molecule has 0 aliphatic heterocycles. The van der Waals surface area contributed by atoms with Crippen molar-refractivity contribution in [1.82, 2.24) is 15.0 Å². The number of nitrogens with zero attached hydrogens (tertiary/aromatic N) is 3. The first kappa shape index (κ1) is 30.8. The van der Waals surface area contributed by atoms with E-state index in [0.717, 1.165) is 27.8 Å². The van der Waals surface area contributed by atoms with E-state index in [9.17, 15) is 0 Å². The maximum absolute atomic E-state index is 5.23. The molecule has 1 aliphatic carbocycles. The van der Waals surface area contributed by atoms with Crippen molar-refractivity contribution in [3.63, 3.8) is 0 Å². The zero-order valence-electron chi connectivity index (χ0n) is 28.9. The Morgan fingerprint density at radius 2 is 0.774 bits per heavy atom. The average molecular weight is 676 g/mol. The molecule has 10 rings (SSSR count). The molecule has 0 N–H and O–H groups in total. The van der Waals surface area contributed by atoms with Gasteiger partial charge in [-0.1, -0.05) is 182 Å². The average Bonchev–Trinajstić information content (AvgIpc) is 3.55. The lowest BCUT2D eigenvalue weighted by Gasteiger charge is -2.34. The maximum atomic E-state index is 5.23. The predicted octanol–water partition coefficient (Wildman–Crippen LogP) is 12.1. The summed E-state index contributed by atoms with van der Waals surface area (Å²) in [4.78, 5) is 15.5. The summed E-state index contributed by atoms with van der Waals surface area (Å²) < 4.78 is 0. The van der Waals surface area contributed by atoms with Gasteiger partial charge in [0.2, 0.25) is 0 Å². The van der Waals surface area contributed by atoms with Gasteiger partial charge in [0.1, 0.15) is 0 Å². The standard InChI is InChI=1S/C50H33N3/c1-4-16-35(17-5-1)47-51-48(39-20-14-19-37(32-39)38-28-27-34-15-10-11-18-36(34)31-38)53-49(52-47)40-29-30-44-43-25-12-13-26-45(43)50(46(44)33-40,41-21-6-2-7-22-41)42-23-8-3-9-24-42/h1-33H. The number of hydrogen-bond acceptors (Lipinski definition) is 3. The Labute approximate surface area is 309 Å². The Hall–Kier alpha value is -6.97. The molecule has 0 amide bonds. The van der Waals surface area contributed by atoms with Crippen molar-refractivity contribution < 1.29 is 0 Å². The zero-order valence-corrected chi connectivity index (χ0v) is 28.9. The minimum absolute atomic E-state index is 0.517. The topological polar surface area (TPSA) is 38.7 Å². The Morgan fingerprint density at radius 3 is 1.49 bits per heavy atom. The van der Waals surface area contributed by atoms with Crippen LogP contribution in [0.4, 0.5) is 0 Å². The van der Waals surface area contributed by atoms with Gasteiger partial charge in [-0.25, -0.2) is 15.0 Å². The molecule has 53 heavy (non-hydrogen) atoms. The quantitative estimate of drug-likeness (QED) is 0.176. The molecule has 1 aliphatic rings. The van der Waals surface area contributed by atoms with Gasteiger partial charge >= 0.3 is 0 Å². The second-order valence-corrected chi connectivity index (χ2v) is 13.6. The molecular formula is C50H33N3. The molecule has 0 unspecified atom stereocenters. The molecule has 248 valence electrons. The van der Waals surface area contributed by atoms with Crippen molar-refractivity contribution in [2.24, 2.45) is 0 Å². The first-order chi connectivity index (χ1) is 26.3. The van der Waals surface area contributed by atoms with Crippen molar-refractivity contribution in [2.45, 2.75) is 5.41 Å². The SMILES string of the molecule is c1ccc(-c2nc(-c3cccc(-c4ccc5ccccc5c4)c3)nc(-c3ccc4c(c3)C(c3ccccc3)(c3ccccc3)c3ccccc3-4)n2)cc1. The van der Waals surface area contributed by atoms with Gasteiger partial charge in [0.05, 0.1) is 5.41 Å². The van der Waals surface area contributed by atoms with Crippen molar-refractivity contribution in [3.05, 3.63) is 222 Å². The molecule has 0 fully saturated rings. The third-order valence-electron chi connectivity index (χ3n) is 10.6. The molecule has 9 aromatic rings. The molecule has 1 aromatic heterocycles. The predicted molar refractivity (Wildman–Crippen MR) is 216 cm³/mol. The molecule has 3 heteroatoms. The van der Waals surface area contributed by atoms with Crippen LogP contribution in [0.25, 0.3) is 67.2 Å². The molecule has 0 bridgehead atoms. The third-order valence-corrected chi connectivity index (χ3v) is 10.6. The molecule has 0 saturated heterocycles. The fraction of sp³-hybridized carbons (Fsp3) is 0.0200. The highest BCUT2D eigenvalue weighted by molar-refractivity contribution is 5.89. The summed E-state index contributed by atoms with van der Waals surface area (Å²) in [5.41, 5.74) is 12.0. The fourth-order valence-corrected chi connectivity index (χ4v) is 8.14. The summed E-state index contributed by atoms with van der Waals surface area (Å²) in [6.07, 6.45) is 0. The van der Waals surface area contributed by atoms with Crippen LogP contribution in [-0.4, -0.2) is 15.0 Å². The second kappa shape index (κ2) is 12.7. The molecule has 0 atom stereocenters. The van der Waals surface area contributed by atoms with E-state index in [1.165, 1.54) is 44.2 Å². The summed E-state index contributed by atoms with van der Waals surface area (Å²) in [7, 11) is 0. The number of rotatable bonds is 6. The zero-order chi connectivity index (χ0) is 35.2. The highest BCUT2D eigenvalue weighted by Crippen LogP contribution is 2.56. The van der Waals surface area contributed by atoms with Crippen LogP contribution in [0, 0.1) is 0 Å². The van der Waals surface area contributed by atoms with Crippen LogP contribution in [0.1, 0.15) is 22.3 Å². The van der Waals surface area contributed by atoms with Crippen LogP contribution in [0.15, 0.2) is 200 Å². The Kier molecular flexibility index (Phi) is 7.36. The minimum Gasteiger partial charge on any atom is -0.208 e. The monoisotopic (exact) mass is 675 g/mol. The Bertz CT molecular complexity index is 2740. The van der Waals surface area contributed by atoms with E-state index in [2.05, 4.69) is 182 Å². The molecule has 0 spiro atoms. The highest BCUT2D eigenvalue weighted by atomic mass is 15.0. The summed E-state index contributed by atoms with van der Waals surface area (Å²) in [5, 5.41) is 2.44. The van der Waals surface area contributed by atoms with Crippen LogP contribution in [0.3, 0.4) is 0 Å². The van der Waals surface area contributed by atoms with E-state index in [4.69, 9.17) is 15.0 Å². The van der Waals surface area contributed by atoms with E-state index < -0.39 is 5.41 Å². The van der Waals surface area contributed by atoms with Crippen LogP contribution < -0.4 is 0 Å². The van der Waals surface area contributed by atoms with Crippen molar-refractivity contribution in [1.29, 1.82) is 0 Å². The van der Waals surface area contributed by atoms with E-state index in [1.807, 2.05) is 18.2 Å². The van der Waals surface area contributed by atoms with Gasteiger partial charge < -0.3 is 0 Å². The smallest absolute Gasteiger partial charge is 0.164 e. The third kappa shape index (κ3) is 5.17.